The van der Waals surface area contributed by atoms with Crippen molar-refractivity contribution >= 4 is 11.6 Å². The molecule has 0 atom stereocenters. The second kappa shape index (κ2) is 9.29. The predicted molar refractivity (Wildman–Crippen MR) is 74.7 cm³/mol. The molecule has 106 valence electrons. The van der Waals surface area contributed by atoms with E-state index in [9.17, 15) is 4.79 Å². The summed E-state index contributed by atoms with van der Waals surface area (Å²) in [6.45, 7) is 4.18. The fourth-order valence-corrected chi connectivity index (χ4v) is 1.43. The van der Waals surface area contributed by atoms with Crippen LogP contribution in [0.3, 0.4) is 0 Å². The molecule has 4 N–H and O–H groups in total. The van der Waals surface area contributed by atoms with Gasteiger partial charge in [-0.2, -0.15) is 0 Å². The molecule has 0 aliphatic rings. The molecule has 0 bridgehead atoms. The number of carbonyl (C=O) groups is 1. The van der Waals surface area contributed by atoms with Crippen LogP contribution in [0.15, 0.2) is 18.3 Å². The molecule has 0 saturated carbocycles. The molecule has 1 aromatic rings. The molecule has 1 rings (SSSR count). The zero-order valence-corrected chi connectivity index (χ0v) is 11.3. The lowest BCUT2D eigenvalue weighted by Crippen LogP contribution is -2.26. The lowest BCUT2D eigenvalue weighted by molar-refractivity contribution is 0.0935. The Balaban J connectivity index is 2.16. The molecule has 1 aromatic heterocycles. The van der Waals surface area contributed by atoms with E-state index in [1.165, 1.54) is 6.20 Å². The molecule has 0 radical (unpaired) electrons. The summed E-state index contributed by atoms with van der Waals surface area (Å²) in [5.74, 6) is 5.04. The number of aromatic nitrogens is 1. The van der Waals surface area contributed by atoms with Crippen molar-refractivity contribution in [2.24, 2.45) is 5.84 Å². The summed E-state index contributed by atoms with van der Waals surface area (Å²) in [6, 6.07) is 3.33. The highest BCUT2D eigenvalue weighted by Gasteiger charge is 2.05. The van der Waals surface area contributed by atoms with Gasteiger partial charge in [0.2, 0.25) is 0 Å². The first-order valence-corrected chi connectivity index (χ1v) is 6.56. The smallest absolute Gasteiger partial charge is 0.269 e. The van der Waals surface area contributed by atoms with E-state index in [1.54, 1.807) is 12.1 Å². The maximum absolute atomic E-state index is 11.7. The number of pyridine rings is 1. The van der Waals surface area contributed by atoms with Gasteiger partial charge in [-0.15, -0.1) is 0 Å². The lowest BCUT2D eigenvalue weighted by atomic mass is 10.3. The van der Waals surface area contributed by atoms with Gasteiger partial charge in [-0.05, 0) is 25.0 Å². The third-order valence-electron chi connectivity index (χ3n) is 2.56. The molecular weight excluding hydrogens is 244 g/mol. The number of hydrogen-bond donors (Lipinski definition) is 3. The number of unbranched alkanes of at least 4 members (excludes halogenated alkanes) is 1. The van der Waals surface area contributed by atoms with Gasteiger partial charge >= 0.3 is 0 Å². The van der Waals surface area contributed by atoms with E-state index < -0.39 is 0 Å². The van der Waals surface area contributed by atoms with Gasteiger partial charge in [0.1, 0.15) is 5.69 Å². The zero-order valence-electron chi connectivity index (χ0n) is 11.3. The Bertz CT molecular complexity index is 367. The fraction of sp³-hybridized carbons (Fsp3) is 0.538. The Kier molecular flexibility index (Phi) is 7.53. The molecule has 0 aliphatic carbocycles. The van der Waals surface area contributed by atoms with Gasteiger partial charge in [0.25, 0.3) is 5.91 Å². The highest BCUT2D eigenvalue weighted by molar-refractivity contribution is 5.92. The van der Waals surface area contributed by atoms with Crippen LogP contribution >= 0.6 is 0 Å². The first kappa shape index (κ1) is 15.4. The Morgan fingerprint density at radius 2 is 2.16 bits per heavy atom. The summed E-state index contributed by atoms with van der Waals surface area (Å²) in [4.78, 5) is 15.7. The molecule has 0 aromatic carbocycles. The standard InChI is InChI=1S/C13H22N4O2/c1-2-3-8-19-9-4-7-15-13(18)12-6-5-11(17-14)10-16-12/h5-6,10,17H,2-4,7-9,14H2,1H3,(H,15,18). The SMILES string of the molecule is CCCCOCCCNC(=O)c1ccc(NN)cn1. The Morgan fingerprint density at radius 1 is 1.37 bits per heavy atom. The number of nitrogen functional groups attached to an aromatic ring is 1. The first-order valence-electron chi connectivity index (χ1n) is 6.56. The molecule has 1 amide bonds. The van der Waals surface area contributed by atoms with Gasteiger partial charge in [0.15, 0.2) is 0 Å². The van der Waals surface area contributed by atoms with Crippen molar-refractivity contribution in [3.05, 3.63) is 24.0 Å². The van der Waals surface area contributed by atoms with Crippen molar-refractivity contribution in [1.29, 1.82) is 0 Å². The topological polar surface area (TPSA) is 89.3 Å². The van der Waals surface area contributed by atoms with E-state index in [0.717, 1.165) is 25.9 Å². The number of amides is 1. The van der Waals surface area contributed by atoms with E-state index in [-0.39, 0.29) is 5.91 Å². The number of carbonyl (C=O) groups excluding carboxylic acids is 1. The number of rotatable bonds is 9. The van der Waals surface area contributed by atoms with E-state index in [2.05, 4.69) is 22.7 Å². The number of nitrogens with zero attached hydrogens (tertiary/aromatic N) is 1. The second-order valence-electron chi connectivity index (χ2n) is 4.15. The van der Waals surface area contributed by atoms with Crippen LogP contribution in [-0.4, -0.2) is 30.6 Å². The fourth-order valence-electron chi connectivity index (χ4n) is 1.43. The summed E-state index contributed by atoms with van der Waals surface area (Å²) in [6.07, 6.45) is 4.54. The summed E-state index contributed by atoms with van der Waals surface area (Å²) in [5.41, 5.74) is 3.51. The number of nitrogens with two attached hydrogens (primary N) is 1. The minimum Gasteiger partial charge on any atom is -0.381 e. The normalized spacial score (nSPS) is 10.2. The van der Waals surface area contributed by atoms with Crippen LogP contribution in [0.2, 0.25) is 0 Å². The quantitative estimate of drug-likeness (QED) is 0.356. The van der Waals surface area contributed by atoms with Crippen molar-refractivity contribution in [2.75, 3.05) is 25.2 Å². The Labute approximate surface area is 113 Å². The number of hydrazine groups is 1. The van der Waals surface area contributed by atoms with Gasteiger partial charge in [0, 0.05) is 19.8 Å². The van der Waals surface area contributed by atoms with Crippen LogP contribution in [0.25, 0.3) is 0 Å². The maximum atomic E-state index is 11.7. The second-order valence-corrected chi connectivity index (χ2v) is 4.15. The van der Waals surface area contributed by atoms with Crippen molar-refractivity contribution in [2.45, 2.75) is 26.2 Å². The third-order valence-corrected chi connectivity index (χ3v) is 2.56. The van der Waals surface area contributed by atoms with E-state index in [1.807, 2.05) is 0 Å². The van der Waals surface area contributed by atoms with Gasteiger partial charge in [-0.3, -0.25) is 10.6 Å². The summed E-state index contributed by atoms with van der Waals surface area (Å²) >= 11 is 0. The summed E-state index contributed by atoms with van der Waals surface area (Å²) < 4.78 is 5.40. The average molecular weight is 266 g/mol. The van der Waals surface area contributed by atoms with Crippen molar-refractivity contribution < 1.29 is 9.53 Å². The number of anilines is 1. The highest BCUT2D eigenvalue weighted by atomic mass is 16.5. The lowest BCUT2D eigenvalue weighted by Gasteiger charge is -2.06. The molecule has 0 saturated heterocycles. The van der Waals surface area contributed by atoms with Crippen LogP contribution in [0.5, 0.6) is 0 Å². The van der Waals surface area contributed by atoms with Gasteiger partial charge < -0.3 is 15.5 Å². The van der Waals surface area contributed by atoms with Crippen LogP contribution in [-0.2, 0) is 4.74 Å². The van der Waals surface area contributed by atoms with Crippen LogP contribution in [0, 0.1) is 0 Å². The monoisotopic (exact) mass is 266 g/mol. The molecule has 1 heterocycles. The molecule has 0 spiro atoms. The van der Waals surface area contributed by atoms with E-state index in [4.69, 9.17) is 10.6 Å². The Hall–Kier alpha value is -1.66. The zero-order chi connectivity index (χ0) is 13.9. The third kappa shape index (κ3) is 6.17. The Morgan fingerprint density at radius 3 is 2.79 bits per heavy atom. The summed E-state index contributed by atoms with van der Waals surface area (Å²) in [5, 5.41) is 2.79. The molecule has 0 unspecified atom stereocenters. The molecule has 0 aliphatic heterocycles. The van der Waals surface area contributed by atoms with Crippen molar-refractivity contribution in [3.63, 3.8) is 0 Å². The predicted octanol–water partition coefficient (Wildman–Crippen LogP) is 1.30. The maximum Gasteiger partial charge on any atom is 0.269 e. The van der Waals surface area contributed by atoms with E-state index >= 15 is 0 Å². The number of hydrogen-bond acceptors (Lipinski definition) is 5. The first-order chi connectivity index (χ1) is 9.27. The van der Waals surface area contributed by atoms with Gasteiger partial charge in [-0.25, -0.2) is 4.98 Å². The van der Waals surface area contributed by atoms with Gasteiger partial charge in [0.05, 0.1) is 11.9 Å². The minimum atomic E-state index is -0.183. The minimum absolute atomic E-state index is 0.183. The highest BCUT2D eigenvalue weighted by Crippen LogP contribution is 2.03. The summed E-state index contributed by atoms with van der Waals surface area (Å²) in [7, 11) is 0. The number of ether oxygens (including phenoxy) is 1. The van der Waals surface area contributed by atoms with E-state index in [0.29, 0.717) is 24.5 Å². The number of nitrogens with one attached hydrogen (secondary N) is 2. The van der Waals surface area contributed by atoms with Gasteiger partial charge in [-0.1, -0.05) is 13.3 Å². The van der Waals surface area contributed by atoms with Crippen LogP contribution < -0.4 is 16.6 Å². The largest absolute Gasteiger partial charge is 0.381 e. The average Bonchev–Trinajstić information content (AvgIpc) is 2.46. The molecule has 6 nitrogen and oxygen atoms in total. The molecule has 0 fully saturated rings. The molecular formula is C13H22N4O2. The molecule has 6 heteroatoms. The molecule has 19 heavy (non-hydrogen) atoms. The van der Waals surface area contributed by atoms with Crippen LogP contribution in [0.1, 0.15) is 36.7 Å². The van der Waals surface area contributed by atoms with Crippen LogP contribution in [0.4, 0.5) is 5.69 Å². The van der Waals surface area contributed by atoms with Crippen molar-refractivity contribution in [3.8, 4) is 0 Å². The van der Waals surface area contributed by atoms with Crippen molar-refractivity contribution in [1.82, 2.24) is 10.3 Å².